The van der Waals surface area contributed by atoms with E-state index in [0.29, 0.717) is 12.4 Å². The van der Waals surface area contributed by atoms with Gasteiger partial charge in [-0.2, -0.15) is 14.6 Å². The maximum absolute atomic E-state index is 5.89. The molecule has 3 aromatic rings. The molecule has 1 aromatic carbocycles. The lowest BCUT2D eigenvalue weighted by atomic mass is 10.3. The second-order valence-electron chi connectivity index (χ2n) is 6.36. The van der Waals surface area contributed by atoms with E-state index in [1.54, 1.807) is 6.33 Å². The van der Waals surface area contributed by atoms with Crippen molar-refractivity contribution in [3.05, 3.63) is 47.4 Å². The Morgan fingerprint density at radius 1 is 1.12 bits per heavy atom. The van der Waals surface area contributed by atoms with Gasteiger partial charge >= 0.3 is 0 Å². The molecule has 0 aliphatic carbocycles. The van der Waals surface area contributed by atoms with E-state index in [1.165, 1.54) is 0 Å². The standard InChI is InChI=1S/C18H21ClN6O/c1-14-12-17(25-18(22-14)20-13-21-25)24-8-6-23(7-9-24)10-11-26-16-4-2-15(19)3-5-16/h2-5,12-13H,6-11H2,1H3. The van der Waals surface area contributed by atoms with Crippen LogP contribution in [0.5, 0.6) is 5.75 Å². The van der Waals surface area contributed by atoms with Crippen LogP contribution in [0.2, 0.25) is 5.02 Å². The van der Waals surface area contributed by atoms with Crippen molar-refractivity contribution >= 4 is 23.2 Å². The topological polar surface area (TPSA) is 58.8 Å². The summed E-state index contributed by atoms with van der Waals surface area (Å²) in [5, 5.41) is 5.03. The number of nitrogens with zero attached hydrogens (tertiary/aromatic N) is 6. The van der Waals surface area contributed by atoms with Gasteiger partial charge in [-0.1, -0.05) is 11.6 Å². The third kappa shape index (κ3) is 3.73. The number of piperazine rings is 1. The fraction of sp³-hybridized carbons (Fsp3) is 0.389. The minimum Gasteiger partial charge on any atom is -0.492 e. The molecule has 26 heavy (non-hydrogen) atoms. The molecule has 1 saturated heterocycles. The van der Waals surface area contributed by atoms with Gasteiger partial charge in [-0.05, 0) is 31.2 Å². The average molecular weight is 373 g/mol. The number of anilines is 1. The first-order valence-electron chi connectivity index (χ1n) is 8.72. The summed E-state index contributed by atoms with van der Waals surface area (Å²) < 4.78 is 7.61. The van der Waals surface area contributed by atoms with Crippen LogP contribution in [0, 0.1) is 6.92 Å². The van der Waals surface area contributed by atoms with Crippen molar-refractivity contribution < 1.29 is 4.74 Å². The van der Waals surface area contributed by atoms with Crippen molar-refractivity contribution in [2.75, 3.05) is 44.2 Å². The zero-order chi connectivity index (χ0) is 17.9. The molecule has 0 amide bonds. The molecule has 3 heterocycles. The molecule has 1 aliphatic heterocycles. The van der Waals surface area contributed by atoms with Gasteiger partial charge in [0, 0.05) is 49.5 Å². The lowest BCUT2D eigenvalue weighted by Gasteiger charge is -2.35. The summed E-state index contributed by atoms with van der Waals surface area (Å²) in [7, 11) is 0. The minimum atomic E-state index is 0.652. The van der Waals surface area contributed by atoms with Crippen LogP contribution in [0.25, 0.3) is 5.78 Å². The molecule has 0 saturated carbocycles. The van der Waals surface area contributed by atoms with Gasteiger partial charge < -0.3 is 9.64 Å². The van der Waals surface area contributed by atoms with Crippen LogP contribution < -0.4 is 9.64 Å². The SMILES string of the molecule is Cc1cc(N2CCN(CCOc3ccc(Cl)cc3)CC2)n2ncnc2n1. The Balaban J connectivity index is 1.31. The second-order valence-corrected chi connectivity index (χ2v) is 6.80. The molecule has 4 rings (SSSR count). The average Bonchev–Trinajstić information content (AvgIpc) is 3.12. The summed E-state index contributed by atoms with van der Waals surface area (Å²) in [5.41, 5.74) is 0.958. The Labute approximate surface area is 157 Å². The quantitative estimate of drug-likeness (QED) is 0.685. The van der Waals surface area contributed by atoms with Crippen molar-refractivity contribution in [1.29, 1.82) is 0 Å². The van der Waals surface area contributed by atoms with E-state index in [4.69, 9.17) is 16.3 Å². The summed E-state index contributed by atoms with van der Waals surface area (Å²) in [5.74, 6) is 2.56. The van der Waals surface area contributed by atoms with Crippen LogP contribution in [-0.4, -0.2) is 63.8 Å². The number of fused-ring (bicyclic) bond motifs is 1. The Morgan fingerprint density at radius 2 is 1.88 bits per heavy atom. The Kier molecular flexibility index (Phi) is 4.90. The number of benzene rings is 1. The zero-order valence-electron chi connectivity index (χ0n) is 14.7. The first kappa shape index (κ1) is 17.1. The van der Waals surface area contributed by atoms with Crippen LogP contribution in [0.1, 0.15) is 5.69 Å². The lowest BCUT2D eigenvalue weighted by Crippen LogP contribution is -2.48. The van der Waals surface area contributed by atoms with E-state index in [2.05, 4.69) is 30.9 Å². The molecule has 0 bridgehead atoms. The smallest absolute Gasteiger partial charge is 0.254 e. The van der Waals surface area contributed by atoms with Gasteiger partial charge in [-0.15, -0.1) is 0 Å². The fourth-order valence-corrected chi connectivity index (χ4v) is 3.29. The monoisotopic (exact) mass is 372 g/mol. The van der Waals surface area contributed by atoms with Gasteiger partial charge in [0.15, 0.2) is 0 Å². The van der Waals surface area contributed by atoms with Crippen LogP contribution in [0.3, 0.4) is 0 Å². The van der Waals surface area contributed by atoms with Crippen LogP contribution in [0.15, 0.2) is 36.7 Å². The summed E-state index contributed by atoms with van der Waals surface area (Å²) >= 11 is 5.89. The summed E-state index contributed by atoms with van der Waals surface area (Å²) in [6.45, 7) is 7.43. The maximum Gasteiger partial charge on any atom is 0.254 e. The van der Waals surface area contributed by atoms with E-state index in [0.717, 1.165) is 55.0 Å². The molecule has 1 fully saturated rings. The van der Waals surface area contributed by atoms with Crippen molar-refractivity contribution in [3.63, 3.8) is 0 Å². The maximum atomic E-state index is 5.89. The van der Waals surface area contributed by atoms with Crippen molar-refractivity contribution in [3.8, 4) is 5.75 Å². The number of ether oxygens (including phenoxy) is 1. The van der Waals surface area contributed by atoms with E-state index in [-0.39, 0.29) is 0 Å². The van der Waals surface area contributed by atoms with E-state index < -0.39 is 0 Å². The molecule has 0 atom stereocenters. The summed E-state index contributed by atoms with van der Waals surface area (Å²) in [6, 6.07) is 9.56. The third-order valence-electron chi connectivity index (χ3n) is 4.55. The van der Waals surface area contributed by atoms with Gasteiger partial charge in [-0.3, -0.25) is 4.90 Å². The molecule has 136 valence electrons. The van der Waals surface area contributed by atoms with Gasteiger partial charge in [-0.25, -0.2) is 4.98 Å². The largest absolute Gasteiger partial charge is 0.492 e. The first-order chi connectivity index (χ1) is 12.7. The Hall–Kier alpha value is -2.38. The molecule has 7 nitrogen and oxygen atoms in total. The minimum absolute atomic E-state index is 0.652. The molecule has 1 aliphatic rings. The van der Waals surface area contributed by atoms with E-state index in [9.17, 15) is 0 Å². The zero-order valence-corrected chi connectivity index (χ0v) is 15.4. The van der Waals surface area contributed by atoms with Gasteiger partial charge in [0.05, 0.1) is 0 Å². The number of halogens is 1. The van der Waals surface area contributed by atoms with Crippen molar-refractivity contribution in [2.45, 2.75) is 6.92 Å². The highest BCUT2D eigenvalue weighted by Gasteiger charge is 2.20. The third-order valence-corrected chi connectivity index (χ3v) is 4.80. The fourth-order valence-electron chi connectivity index (χ4n) is 3.16. The Morgan fingerprint density at radius 3 is 2.65 bits per heavy atom. The molecule has 0 unspecified atom stereocenters. The summed E-state index contributed by atoms with van der Waals surface area (Å²) in [6.07, 6.45) is 1.55. The molecule has 2 aromatic heterocycles. The lowest BCUT2D eigenvalue weighted by molar-refractivity contribution is 0.200. The van der Waals surface area contributed by atoms with Crippen LogP contribution in [-0.2, 0) is 0 Å². The van der Waals surface area contributed by atoms with Gasteiger partial charge in [0.2, 0.25) is 0 Å². The number of hydrogen-bond donors (Lipinski definition) is 0. The first-order valence-corrected chi connectivity index (χ1v) is 9.10. The van der Waals surface area contributed by atoms with Crippen LogP contribution in [0.4, 0.5) is 5.82 Å². The number of rotatable bonds is 5. The summed E-state index contributed by atoms with van der Waals surface area (Å²) in [4.78, 5) is 13.4. The molecular weight excluding hydrogens is 352 g/mol. The molecular formula is C18H21ClN6O. The van der Waals surface area contributed by atoms with E-state index >= 15 is 0 Å². The molecule has 8 heteroatoms. The number of hydrogen-bond acceptors (Lipinski definition) is 6. The van der Waals surface area contributed by atoms with Crippen molar-refractivity contribution in [2.24, 2.45) is 0 Å². The highest BCUT2D eigenvalue weighted by atomic mass is 35.5. The normalized spacial score (nSPS) is 15.5. The molecule has 0 radical (unpaired) electrons. The predicted octanol–water partition coefficient (Wildman–Crippen LogP) is 2.29. The predicted molar refractivity (Wildman–Crippen MR) is 101 cm³/mol. The molecule has 0 N–H and O–H groups in total. The second kappa shape index (κ2) is 7.47. The van der Waals surface area contributed by atoms with Gasteiger partial charge in [0.25, 0.3) is 5.78 Å². The number of aryl methyl sites for hydroxylation is 1. The van der Waals surface area contributed by atoms with Gasteiger partial charge in [0.1, 0.15) is 24.5 Å². The van der Waals surface area contributed by atoms with Crippen LogP contribution >= 0.6 is 11.6 Å². The molecule has 0 spiro atoms. The highest BCUT2D eigenvalue weighted by molar-refractivity contribution is 6.30. The van der Waals surface area contributed by atoms with Crippen molar-refractivity contribution in [1.82, 2.24) is 24.5 Å². The highest BCUT2D eigenvalue weighted by Crippen LogP contribution is 2.18. The van der Waals surface area contributed by atoms with E-state index in [1.807, 2.05) is 35.7 Å². The number of aromatic nitrogens is 4. The Bertz CT molecular complexity index is 873.